The molecule has 2 aromatic heterocycles. The molecule has 4 heteroatoms. The van der Waals surface area contributed by atoms with Crippen molar-refractivity contribution in [3.63, 3.8) is 0 Å². The lowest BCUT2D eigenvalue weighted by atomic mass is 9.70. The predicted octanol–water partition coefficient (Wildman–Crippen LogP) is 14.4. The van der Waals surface area contributed by atoms with Gasteiger partial charge >= 0.3 is 0 Å². The number of benzene rings is 9. The summed E-state index contributed by atoms with van der Waals surface area (Å²) in [4.78, 5) is 16.1. The normalized spacial score (nSPS) is 13.0. The Morgan fingerprint density at radius 1 is 0.290 bits per heavy atom. The topological polar surface area (TPSA) is 51.8 Å². The van der Waals surface area contributed by atoms with Gasteiger partial charge in [0.1, 0.15) is 11.2 Å². The molecule has 0 atom stereocenters. The molecule has 2 aliphatic carbocycles. The molecule has 0 fully saturated rings. The van der Waals surface area contributed by atoms with Crippen LogP contribution in [0.15, 0.2) is 217 Å². The number of hydrogen-bond donors (Lipinski definition) is 0. The first-order valence-corrected chi connectivity index (χ1v) is 21.1. The Balaban J connectivity index is 1.02. The molecule has 288 valence electrons. The molecule has 0 unspecified atom stereocenters. The molecule has 4 nitrogen and oxygen atoms in total. The fraction of sp³-hybridized carbons (Fsp3) is 0.0172. The average Bonchev–Trinajstić information content (AvgIpc) is 3.99. The van der Waals surface area contributed by atoms with Gasteiger partial charge in [-0.15, -0.1) is 0 Å². The van der Waals surface area contributed by atoms with Crippen LogP contribution < -0.4 is 0 Å². The van der Waals surface area contributed by atoms with E-state index in [1.54, 1.807) is 0 Å². The first-order chi connectivity index (χ1) is 30.7. The molecule has 62 heavy (non-hydrogen) atoms. The summed E-state index contributed by atoms with van der Waals surface area (Å²) in [5, 5.41) is 2.02. The molecule has 1 spiro atoms. The zero-order chi connectivity index (χ0) is 40.8. The van der Waals surface area contributed by atoms with Crippen molar-refractivity contribution in [2.45, 2.75) is 5.41 Å². The second-order valence-corrected chi connectivity index (χ2v) is 16.2. The number of nitrogens with zero attached hydrogens (tertiary/aromatic N) is 3. The van der Waals surface area contributed by atoms with Crippen LogP contribution in [0.5, 0.6) is 0 Å². The zero-order valence-electron chi connectivity index (χ0n) is 33.5. The van der Waals surface area contributed by atoms with E-state index in [1.165, 1.54) is 50.1 Å². The van der Waals surface area contributed by atoms with Gasteiger partial charge in [-0.1, -0.05) is 200 Å². The van der Waals surface area contributed by atoms with Crippen molar-refractivity contribution in [3.05, 3.63) is 235 Å². The number of para-hydroxylation sites is 1. The van der Waals surface area contributed by atoms with Crippen molar-refractivity contribution in [2.24, 2.45) is 0 Å². The maximum Gasteiger partial charge on any atom is 0.164 e. The van der Waals surface area contributed by atoms with Gasteiger partial charge in [0, 0.05) is 27.5 Å². The highest BCUT2D eigenvalue weighted by atomic mass is 16.3. The zero-order valence-corrected chi connectivity index (χ0v) is 33.5. The minimum absolute atomic E-state index is 0.482. The van der Waals surface area contributed by atoms with E-state index in [-0.39, 0.29) is 0 Å². The van der Waals surface area contributed by atoms with E-state index < -0.39 is 5.41 Å². The highest BCUT2D eigenvalue weighted by molar-refractivity contribution is 6.12. The minimum Gasteiger partial charge on any atom is -0.456 e. The molecule has 0 N–H and O–H groups in total. The Morgan fingerprint density at radius 3 is 1.40 bits per heavy atom. The molecule has 9 aromatic carbocycles. The summed E-state index contributed by atoms with van der Waals surface area (Å²) in [6.45, 7) is 0. The summed E-state index contributed by atoms with van der Waals surface area (Å²) in [6, 6.07) is 75.5. The van der Waals surface area contributed by atoms with E-state index in [9.17, 15) is 0 Å². The second-order valence-electron chi connectivity index (χ2n) is 16.2. The number of furan rings is 1. The number of fused-ring (bicyclic) bond motifs is 13. The quantitative estimate of drug-likeness (QED) is 0.174. The number of hydrogen-bond acceptors (Lipinski definition) is 4. The van der Waals surface area contributed by atoms with Gasteiger partial charge in [0.05, 0.1) is 5.41 Å². The van der Waals surface area contributed by atoms with E-state index in [0.717, 1.165) is 55.3 Å². The lowest BCUT2D eigenvalue weighted by Gasteiger charge is -2.30. The van der Waals surface area contributed by atoms with E-state index >= 15 is 0 Å². The monoisotopic (exact) mass is 789 g/mol. The standard InChI is InChI=1S/C58H35N3O/c1-2-14-36(15-3-1)37-28-30-38(31-29-37)39-32-34-40(35-33-39)55-59-56(61-57(60-55)46-21-13-27-52-54(46)44-19-7-11-26-51(44)62-52)45-20-12-25-50-53(45)43-18-6-10-24-49(43)58(50)47-22-8-4-16-41(47)42-17-5-9-23-48(42)58/h1-35H. The third-order valence-corrected chi connectivity index (χ3v) is 13.0. The minimum atomic E-state index is -0.482. The van der Waals surface area contributed by atoms with Crippen LogP contribution in [-0.4, -0.2) is 15.0 Å². The van der Waals surface area contributed by atoms with Crippen LogP contribution in [-0.2, 0) is 5.41 Å². The number of rotatable bonds is 5. The molecule has 11 aromatic rings. The van der Waals surface area contributed by atoms with E-state index in [1.807, 2.05) is 30.3 Å². The SMILES string of the molecule is c1ccc(-c2ccc(-c3ccc(-c4nc(-c5cccc6c5-c5ccccc5C65c6ccccc6-c6ccccc65)nc(-c5cccc6oc7ccccc7c56)n4)cc3)cc2)cc1. The highest BCUT2D eigenvalue weighted by Crippen LogP contribution is 2.63. The Labute approximate surface area is 358 Å². The van der Waals surface area contributed by atoms with Gasteiger partial charge in [-0.2, -0.15) is 0 Å². The molecule has 13 rings (SSSR count). The fourth-order valence-electron chi connectivity index (χ4n) is 10.3. The summed E-state index contributed by atoms with van der Waals surface area (Å²) < 4.78 is 6.37. The van der Waals surface area contributed by atoms with Gasteiger partial charge in [0.25, 0.3) is 0 Å². The smallest absolute Gasteiger partial charge is 0.164 e. The average molecular weight is 790 g/mol. The molecule has 0 aliphatic heterocycles. The number of aromatic nitrogens is 3. The van der Waals surface area contributed by atoms with E-state index in [0.29, 0.717) is 17.5 Å². The van der Waals surface area contributed by atoms with Crippen molar-refractivity contribution in [1.82, 2.24) is 15.0 Å². The fourth-order valence-corrected chi connectivity index (χ4v) is 10.3. The van der Waals surface area contributed by atoms with Gasteiger partial charge in [-0.3, -0.25) is 0 Å². The van der Waals surface area contributed by atoms with Crippen LogP contribution in [0.2, 0.25) is 0 Å². The molecular weight excluding hydrogens is 755 g/mol. The van der Waals surface area contributed by atoms with Crippen LogP contribution in [0.4, 0.5) is 0 Å². The maximum atomic E-state index is 6.37. The lowest BCUT2D eigenvalue weighted by molar-refractivity contribution is 0.669. The van der Waals surface area contributed by atoms with Crippen molar-refractivity contribution < 1.29 is 4.42 Å². The van der Waals surface area contributed by atoms with Gasteiger partial charge in [0.2, 0.25) is 0 Å². The third kappa shape index (κ3) is 4.98. The van der Waals surface area contributed by atoms with Gasteiger partial charge in [0.15, 0.2) is 17.5 Å². The van der Waals surface area contributed by atoms with E-state index in [4.69, 9.17) is 19.4 Å². The van der Waals surface area contributed by atoms with Crippen molar-refractivity contribution >= 4 is 21.9 Å². The maximum absolute atomic E-state index is 6.37. The molecular formula is C58H35N3O. The summed E-state index contributed by atoms with van der Waals surface area (Å²) in [5.41, 5.74) is 18.6. The van der Waals surface area contributed by atoms with Crippen LogP contribution >= 0.6 is 0 Å². The molecule has 0 radical (unpaired) electrons. The summed E-state index contributed by atoms with van der Waals surface area (Å²) >= 11 is 0. The van der Waals surface area contributed by atoms with Gasteiger partial charge in [-0.05, 0) is 78.9 Å². The van der Waals surface area contributed by atoms with Crippen molar-refractivity contribution in [3.8, 4) is 78.7 Å². The van der Waals surface area contributed by atoms with Crippen LogP contribution in [0, 0.1) is 0 Å². The molecule has 0 amide bonds. The Kier molecular flexibility index (Phi) is 7.49. The lowest BCUT2D eigenvalue weighted by Crippen LogP contribution is -2.25. The molecule has 0 saturated carbocycles. The first-order valence-electron chi connectivity index (χ1n) is 21.1. The molecule has 2 heterocycles. The Bertz CT molecular complexity index is 3520. The molecule has 0 saturated heterocycles. The largest absolute Gasteiger partial charge is 0.456 e. The van der Waals surface area contributed by atoms with Gasteiger partial charge in [-0.25, -0.2) is 15.0 Å². The van der Waals surface area contributed by atoms with Crippen LogP contribution in [0.25, 0.3) is 101 Å². The van der Waals surface area contributed by atoms with Crippen LogP contribution in [0.3, 0.4) is 0 Å². The van der Waals surface area contributed by atoms with E-state index in [2.05, 4.69) is 182 Å². The summed E-state index contributed by atoms with van der Waals surface area (Å²) in [5.74, 6) is 1.83. The van der Waals surface area contributed by atoms with Gasteiger partial charge < -0.3 is 4.42 Å². The molecule has 0 bridgehead atoms. The summed E-state index contributed by atoms with van der Waals surface area (Å²) in [6.07, 6.45) is 0. The van der Waals surface area contributed by atoms with Crippen LogP contribution in [0.1, 0.15) is 22.3 Å². The van der Waals surface area contributed by atoms with Crippen molar-refractivity contribution in [2.75, 3.05) is 0 Å². The third-order valence-electron chi connectivity index (χ3n) is 13.0. The predicted molar refractivity (Wildman–Crippen MR) is 251 cm³/mol. The molecule has 2 aliphatic rings. The highest BCUT2D eigenvalue weighted by Gasteiger charge is 2.52. The second kappa shape index (κ2) is 13.4. The Morgan fingerprint density at radius 2 is 0.726 bits per heavy atom. The van der Waals surface area contributed by atoms with Crippen molar-refractivity contribution in [1.29, 1.82) is 0 Å². The Hall–Kier alpha value is -8.21. The first kappa shape index (κ1) is 34.6. The summed E-state index contributed by atoms with van der Waals surface area (Å²) in [7, 11) is 0.